The highest BCUT2D eigenvalue weighted by atomic mass is 19.4. The summed E-state index contributed by atoms with van der Waals surface area (Å²) in [6, 6.07) is 3.60. The van der Waals surface area contributed by atoms with Crippen LogP contribution in [0.25, 0.3) is 0 Å². The molecule has 0 aliphatic carbocycles. The smallest absolute Gasteiger partial charge is 0.411 e. The largest absolute Gasteiger partial charge is 0.478 e. The molecule has 0 fully saturated rings. The molecular formula is C21H10F6O4. The Balaban J connectivity index is 3.28. The van der Waals surface area contributed by atoms with Gasteiger partial charge in [0.1, 0.15) is 0 Å². The van der Waals surface area contributed by atoms with Gasteiger partial charge in [-0.3, -0.25) is 0 Å². The second-order valence-electron chi connectivity index (χ2n) is 6.10. The van der Waals surface area contributed by atoms with Crippen LogP contribution in [0.5, 0.6) is 0 Å². The van der Waals surface area contributed by atoms with Gasteiger partial charge in [0, 0.05) is 11.1 Å². The summed E-state index contributed by atoms with van der Waals surface area (Å²) in [5.74, 6) is -0.532. The summed E-state index contributed by atoms with van der Waals surface area (Å²) in [5.41, 5.74) is -12.5. The SMILES string of the molecule is C#Cc1c(C(=O)O)cccc1C(c1cccc(C(=O)O)c1C#C)(C(F)(F)F)C(F)(F)F. The van der Waals surface area contributed by atoms with E-state index in [2.05, 4.69) is 0 Å². The second-order valence-corrected chi connectivity index (χ2v) is 6.10. The molecule has 0 saturated carbocycles. The van der Waals surface area contributed by atoms with Crippen molar-refractivity contribution >= 4 is 11.9 Å². The highest BCUT2D eigenvalue weighted by Gasteiger charge is 2.74. The zero-order valence-electron chi connectivity index (χ0n) is 15.1. The van der Waals surface area contributed by atoms with Gasteiger partial charge >= 0.3 is 24.3 Å². The van der Waals surface area contributed by atoms with E-state index in [9.17, 15) is 46.1 Å². The van der Waals surface area contributed by atoms with Crippen LogP contribution in [0.15, 0.2) is 36.4 Å². The Labute approximate surface area is 171 Å². The predicted octanol–water partition coefficient (Wildman–Crippen LogP) is 4.46. The van der Waals surface area contributed by atoms with E-state index in [1.807, 2.05) is 0 Å². The molecule has 0 unspecified atom stereocenters. The number of hydrogen-bond donors (Lipinski definition) is 2. The Hall–Kier alpha value is -3.92. The van der Waals surface area contributed by atoms with E-state index in [4.69, 9.17) is 12.8 Å². The number of carboxylic acid groups (broad SMARTS) is 2. The van der Waals surface area contributed by atoms with Crippen LogP contribution in [0.1, 0.15) is 43.0 Å². The van der Waals surface area contributed by atoms with Crippen molar-refractivity contribution in [1.29, 1.82) is 0 Å². The highest BCUT2D eigenvalue weighted by Crippen LogP contribution is 2.58. The third-order valence-corrected chi connectivity index (χ3v) is 4.54. The van der Waals surface area contributed by atoms with Gasteiger partial charge < -0.3 is 10.2 Å². The van der Waals surface area contributed by atoms with E-state index in [0.29, 0.717) is 24.3 Å². The summed E-state index contributed by atoms with van der Waals surface area (Å²) < 4.78 is 86.3. The Kier molecular flexibility index (Phi) is 5.82. The quantitative estimate of drug-likeness (QED) is 0.544. The van der Waals surface area contributed by atoms with E-state index < -0.39 is 63.1 Å². The van der Waals surface area contributed by atoms with Crippen molar-refractivity contribution in [3.8, 4) is 24.7 Å². The average Bonchev–Trinajstić information content (AvgIpc) is 2.65. The lowest BCUT2D eigenvalue weighted by Gasteiger charge is -2.39. The minimum Gasteiger partial charge on any atom is -0.478 e. The van der Waals surface area contributed by atoms with Crippen molar-refractivity contribution in [1.82, 2.24) is 0 Å². The summed E-state index contributed by atoms with van der Waals surface area (Å²) in [6.45, 7) is 0. The Bertz CT molecular complexity index is 1050. The van der Waals surface area contributed by atoms with Crippen LogP contribution in [0.4, 0.5) is 26.3 Å². The molecule has 4 nitrogen and oxygen atoms in total. The number of halogens is 6. The van der Waals surface area contributed by atoms with Crippen LogP contribution in [0, 0.1) is 24.7 Å². The first kappa shape index (κ1) is 23.4. The van der Waals surface area contributed by atoms with Gasteiger partial charge in [-0.05, 0) is 23.3 Å². The fourth-order valence-corrected chi connectivity index (χ4v) is 3.31. The van der Waals surface area contributed by atoms with Gasteiger partial charge in [0.2, 0.25) is 5.41 Å². The normalized spacial score (nSPS) is 12.0. The van der Waals surface area contributed by atoms with E-state index in [0.717, 1.165) is 12.1 Å². The molecule has 2 aromatic carbocycles. The van der Waals surface area contributed by atoms with Crippen molar-refractivity contribution in [3.05, 3.63) is 69.8 Å². The first-order chi connectivity index (χ1) is 14.3. The van der Waals surface area contributed by atoms with Crippen molar-refractivity contribution in [3.63, 3.8) is 0 Å². The summed E-state index contributed by atoms with van der Waals surface area (Å²) in [6.07, 6.45) is -2.08. The standard InChI is InChI=1S/C21H10F6O4/c1-3-11-13(17(28)29)7-5-9-15(11)19(20(22,23)24,21(25,26)27)16-10-6-8-14(18(30)31)12(16)4-2/h1-2,5-10H,(H,28,29)(H,30,31). The number of hydrogen-bond acceptors (Lipinski definition) is 2. The molecule has 0 aliphatic heterocycles. The minimum absolute atomic E-state index is 0.385. The van der Waals surface area contributed by atoms with E-state index >= 15 is 0 Å². The molecule has 0 aliphatic rings. The van der Waals surface area contributed by atoms with Crippen LogP contribution < -0.4 is 0 Å². The molecule has 0 atom stereocenters. The third kappa shape index (κ3) is 3.46. The topological polar surface area (TPSA) is 74.6 Å². The summed E-state index contributed by atoms with van der Waals surface area (Å²) in [4.78, 5) is 22.8. The Morgan fingerprint density at radius 3 is 1.26 bits per heavy atom. The number of carboxylic acids is 2. The fraction of sp³-hybridized carbons (Fsp3) is 0.143. The molecule has 0 saturated heterocycles. The van der Waals surface area contributed by atoms with Gasteiger partial charge in [-0.1, -0.05) is 36.1 Å². The average molecular weight is 440 g/mol. The monoisotopic (exact) mass is 440 g/mol. The molecule has 2 rings (SSSR count). The van der Waals surface area contributed by atoms with Crippen molar-refractivity contribution in [2.45, 2.75) is 17.8 Å². The summed E-state index contributed by atoms with van der Waals surface area (Å²) in [7, 11) is 0. The molecule has 2 N–H and O–H groups in total. The Morgan fingerprint density at radius 2 is 1.03 bits per heavy atom. The number of rotatable bonds is 4. The molecule has 0 bridgehead atoms. The van der Waals surface area contributed by atoms with Gasteiger partial charge in [-0.2, -0.15) is 26.3 Å². The molecule has 31 heavy (non-hydrogen) atoms. The lowest BCUT2D eigenvalue weighted by atomic mass is 9.68. The first-order valence-electron chi connectivity index (χ1n) is 8.05. The van der Waals surface area contributed by atoms with Gasteiger partial charge in [0.15, 0.2) is 0 Å². The molecule has 0 heterocycles. The fourth-order valence-electron chi connectivity index (χ4n) is 3.31. The van der Waals surface area contributed by atoms with E-state index in [-0.39, 0.29) is 0 Å². The number of aromatic carboxylic acids is 2. The Morgan fingerprint density at radius 1 is 0.710 bits per heavy atom. The van der Waals surface area contributed by atoms with Gasteiger partial charge in [-0.25, -0.2) is 9.59 Å². The summed E-state index contributed by atoms with van der Waals surface area (Å²) in [5, 5.41) is 18.4. The van der Waals surface area contributed by atoms with Crippen molar-refractivity contribution < 1.29 is 46.1 Å². The summed E-state index contributed by atoms with van der Waals surface area (Å²) >= 11 is 0. The van der Waals surface area contributed by atoms with Gasteiger partial charge in [0.25, 0.3) is 0 Å². The zero-order valence-corrected chi connectivity index (χ0v) is 15.1. The lowest BCUT2D eigenvalue weighted by molar-refractivity contribution is -0.288. The zero-order chi connectivity index (χ0) is 23.8. The van der Waals surface area contributed by atoms with Crippen LogP contribution in [-0.4, -0.2) is 34.5 Å². The minimum atomic E-state index is -6.16. The van der Waals surface area contributed by atoms with Crippen LogP contribution in [-0.2, 0) is 5.41 Å². The number of benzene rings is 2. The maximum atomic E-state index is 14.4. The lowest BCUT2D eigenvalue weighted by Crippen LogP contribution is -2.55. The highest BCUT2D eigenvalue weighted by molar-refractivity contribution is 5.93. The maximum absolute atomic E-state index is 14.4. The van der Waals surface area contributed by atoms with Crippen LogP contribution >= 0.6 is 0 Å². The molecule has 0 amide bonds. The second kappa shape index (κ2) is 7.73. The van der Waals surface area contributed by atoms with Gasteiger partial charge in [-0.15, -0.1) is 12.8 Å². The van der Waals surface area contributed by atoms with Gasteiger partial charge in [0.05, 0.1) is 11.1 Å². The molecule has 160 valence electrons. The number of terminal acetylenes is 2. The molecular weight excluding hydrogens is 430 g/mol. The number of carbonyl (C=O) groups is 2. The first-order valence-corrected chi connectivity index (χ1v) is 8.05. The van der Waals surface area contributed by atoms with Crippen LogP contribution in [0.2, 0.25) is 0 Å². The molecule has 10 heteroatoms. The predicted molar refractivity (Wildman–Crippen MR) is 95.6 cm³/mol. The molecule has 0 aromatic heterocycles. The van der Waals surface area contributed by atoms with E-state index in [1.165, 1.54) is 0 Å². The molecule has 0 spiro atoms. The maximum Gasteiger partial charge on any atom is 0.411 e. The van der Waals surface area contributed by atoms with E-state index in [1.54, 1.807) is 11.8 Å². The van der Waals surface area contributed by atoms with Crippen molar-refractivity contribution in [2.24, 2.45) is 0 Å². The number of alkyl halides is 6. The molecule has 2 aromatic rings. The molecule has 0 radical (unpaired) electrons. The third-order valence-electron chi connectivity index (χ3n) is 4.54. The van der Waals surface area contributed by atoms with Crippen LogP contribution in [0.3, 0.4) is 0 Å². The van der Waals surface area contributed by atoms with Crippen molar-refractivity contribution in [2.75, 3.05) is 0 Å².